The predicted octanol–water partition coefficient (Wildman–Crippen LogP) is 3.17. The molecule has 0 unspecified atom stereocenters. The minimum atomic E-state index is -0.853. The van der Waals surface area contributed by atoms with E-state index >= 15 is 0 Å². The van der Waals surface area contributed by atoms with Crippen molar-refractivity contribution in [2.45, 2.75) is 25.2 Å². The molecule has 0 radical (unpaired) electrons. The second kappa shape index (κ2) is 11.5. The van der Waals surface area contributed by atoms with E-state index in [2.05, 4.69) is 5.32 Å². The zero-order chi connectivity index (χ0) is 22.1. The van der Waals surface area contributed by atoms with E-state index in [1.807, 2.05) is 30.3 Å². The van der Waals surface area contributed by atoms with Gasteiger partial charge in [-0.25, -0.2) is 4.39 Å². The minimum absolute atomic E-state index is 0.0354. The maximum Gasteiger partial charge on any atom is 0.303 e. The first kappa shape index (κ1) is 22.8. The SMILES string of the molecule is Fc1ccc([C@@H]2CCNC[C@H]2COc2ccc3c(c2)OCO3)cc1.O=C(O)CCCO. The van der Waals surface area contributed by atoms with Gasteiger partial charge in [0.25, 0.3) is 0 Å². The van der Waals surface area contributed by atoms with Gasteiger partial charge in [0.1, 0.15) is 11.6 Å². The highest BCUT2D eigenvalue weighted by Gasteiger charge is 2.27. The van der Waals surface area contributed by atoms with Crippen LogP contribution in [0, 0.1) is 11.7 Å². The summed E-state index contributed by atoms with van der Waals surface area (Å²) in [4.78, 5) is 9.65. The molecule has 0 saturated carbocycles. The topological polar surface area (TPSA) is 97.2 Å². The molecule has 2 heterocycles. The lowest BCUT2D eigenvalue weighted by molar-refractivity contribution is -0.137. The minimum Gasteiger partial charge on any atom is -0.493 e. The largest absolute Gasteiger partial charge is 0.493 e. The van der Waals surface area contributed by atoms with Gasteiger partial charge in [-0.1, -0.05) is 12.1 Å². The number of halogens is 1. The fourth-order valence-electron chi connectivity index (χ4n) is 3.65. The van der Waals surface area contributed by atoms with Crippen molar-refractivity contribution >= 4 is 5.97 Å². The molecule has 1 fully saturated rings. The number of carbonyl (C=O) groups is 1. The summed E-state index contributed by atoms with van der Waals surface area (Å²) in [5, 5.41) is 19.4. The maximum atomic E-state index is 13.2. The zero-order valence-corrected chi connectivity index (χ0v) is 17.3. The molecule has 2 aromatic rings. The number of carboxylic acid groups (broad SMARTS) is 1. The lowest BCUT2D eigenvalue weighted by atomic mass is 9.81. The summed E-state index contributed by atoms with van der Waals surface area (Å²) in [7, 11) is 0. The molecule has 7 nitrogen and oxygen atoms in total. The van der Waals surface area contributed by atoms with Crippen LogP contribution >= 0.6 is 0 Å². The fourth-order valence-corrected chi connectivity index (χ4v) is 3.65. The van der Waals surface area contributed by atoms with Gasteiger partial charge in [0.2, 0.25) is 6.79 Å². The van der Waals surface area contributed by atoms with Gasteiger partial charge >= 0.3 is 5.97 Å². The van der Waals surface area contributed by atoms with Crippen LogP contribution in [0.25, 0.3) is 0 Å². The van der Waals surface area contributed by atoms with E-state index in [9.17, 15) is 9.18 Å². The Kier molecular flexibility index (Phi) is 8.49. The van der Waals surface area contributed by atoms with Gasteiger partial charge in [-0.05, 0) is 55.1 Å². The van der Waals surface area contributed by atoms with Crippen LogP contribution in [-0.4, -0.2) is 49.3 Å². The zero-order valence-electron chi connectivity index (χ0n) is 17.3. The fraction of sp³-hybridized carbons (Fsp3) is 0.435. The van der Waals surface area contributed by atoms with Crippen molar-refractivity contribution in [3.63, 3.8) is 0 Å². The van der Waals surface area contributed by atoms with E-state index in [0.29, 0.717) is 24.9 Å². The number of aliphatic carboxylic acids is 1. The first-order valence-corrected chi connectivity index (χ1v) is 10.4. The second-order valence-electron chi connectivity index (χ2n) is 7.46. The normalized spacial score (nSPS) is 19.3. The summed E-state index contributed by atoms with van der Waals surface area (Å²) in [6, 6.07) is 12.5. The monoisotopic (exact) mass is 433 g/mol. The van der Waals surface area contributed by atoms with E-state index in [1.165, 1.54) is 17.7 Å². The van der Waals surface area contributed by atoms with Gasteiger partial charge in [0, 0.05) is 31.6 Å². The number of aliphatic hydroxyl groups excluding tert-OH is 1. The smallest absolute Gasteiger partial charge is 0.303 e. The lowest BCUT2D eigenvalue weighted by Gasteiger charge is -2.32. The Morgan fingerprint density at radius 3 is 2.65 bits per heavy atom. The van der Waals surface area contributed by atoms with Crippen molar-refractivity contribution in [2.75, 3.05) is 33.1 Å². The van der Waals surface area contributed by atoms with Gasteiger partial charge in [-0.3, -0.25) is 4.79 Å². The number of carboxylic acids is 1. The van der Waals surface area contributed by atoms with Crippen LogP contribution in [0.3, 0.4) is 0 Å². The maximum absolute atomic E-state index is 13.2. The number of benzene rings is 2. The number of nitrogens with one attached hydrogen (secondary N) is 1. The molecule has 0 aromatic heterocycles. The van der Waals surface area contributed by atoms with Gasteiger partial charge < -0.3 is 29.7 Å². The first-order chi connectivity index (χ1) is 15.1. The Morgan fingerprint density at radius 2 is 1.94 bits per heavy atom. The number of ether oxygens (including phenoxy) is 3. The van der Waals surface area contributed by atoms with Crippen LogP contribution in [-0.2, 0) is 4.79 Å². The summed E-state index contributed by atoms with van der Waals surface area (Å²) in [5.74, 6) is 1.93. The van der Waals surface area contributed by atoms with Gasteiger partial charge in [0.05, 0.1) is 6.61 Å². The van der Waals surface area contributed by atoms with E-state index < -0.39 is 5.97 Å². The third-order valence-corrected chi connectivity index (χ3v) is 5.26. The van der Waals surface area contributed by atoms with Crippen molar-refractivity contribution in [1.82, 2.24) is 5.32 Å². The standard InChI is InChI=1S/C19H20FNO3.C4H8O3/c20-15-3-1-13(2-4-15)17-7-8-21-10-14(17)11-22-16-5-6-18-19(9-16)24-12-23-18;5-3-1-2-4(6)7/h1-6,9,14,17,21H,7-8,10-12H2;5H,1-3H2,(H,6,7)/t14-,17-;/m0./s1. The molecule has 31 heavy (non-hydrogen) atoms. The average Bonchev–Trinajstić information content (AvgIpc) is 3.25. The molecule has 0 aliphatic carbocycles. The molecule has 1 saturated heterocycles. The third-order valence-electron chi connectivity index (χ3n) is 5.26. The molecule has 0 spiro atoms. The van der Waals surface area contributed by atoms with Crippen LogP contribution in [0.4, 0.5) is 4.39 Å². The van der Waals surface area contributed by atoms with Crippen LogP contribution in [0.15, 0.2) is 42.5 Å². The lowest BCUT2D eigenvalue weighted by Crippen LogP contribution is -2.38. The van der Waals surface area contributed by atoms with Crippen molar-refractivity contribution in [1.29, 1.82) is 0 Å². The molecule has 4 rings (SSSR count). The Balaban J connectivity index is 0.000000339. The van der Waals surface area contributed by atoms with Crippen molar-refractivity contribution in [3.05, 3.63) is 53.8 Å². The molecule has 168 valence electrons. The molecule has 2 aliphatic rings. The Labute approximate surface area is 180 Å². The Bertz CT molecular complexity index is 844. The van der Waals surface area contributed by atoms with E-state index in [0.717, 1.165) is 36.8 Å². The summed E-state index contributed by atoms with van der Waals surface area (Å²) in [6.45, 7) is 2.70. The van der Waals surface area contributed by atoms with Gasteiger partial charge in [-0.2, -0.15) is 0 Å². The third kappa shape index (κ3) is 6.83. The van der Waals surface area contributed by atoms with Crippen LogP contribution in [0.1, 0.15) is 30.7 Å². The summed E-state index contributed by atoms with van der Waals surface area (Å²) in [6.07, 6.45) is 1.45. The average molecular weight is 433 g/mol. The molecule has 2 atom stereocenters. The van der Waals surface area contributed by atoms with Crippen LogP contribution in [0.5, 0.6) is 17.2 Å². The van der Waals surface area contributed by atoms with E-state index in [1.54, 1.807) is 0 Å². The predicted molar refractivity (Wildman–Crippen MR) is 112 cm³/mol. The number of fused-ring (bicyclic) bond motifs is 1. The number of piperidine rings is 1. The molecule has 0 bridgehead atoms. The van der Waals surface area contributed by atoms with Crippen molar-refractivity contribution < 1.29 is 33.6 Å². The molecule has 2 aliphatic heterocycles. The summed E-state index contributed by atoms with van der Waals surface area (Å²) in [5.41, 5.74) is 1.18. The molecule has 8 heteroatoms. The van der Waals surface area contributed by atoms with Gasteiger partial charge in [0.15, 0.2) is 11.5 Å². The first-order valence-electron chi connectivity index (χ1n) is 10.4. The van der Waals surface area contributed by atoms with Crippen molar-refractivity contribution in [2.24, 2.45) is 5.92 Å². The number of aliphatic hydroxyl groups is 1. The molecular formula is C23H28FNO6. The second-order valence-corrected chi connectivity index (χ2v) is 7.46. The Hall–Kier alpha value is -2.84. The number of hydrogen-bond donors (Lipinski definition) is 3. The highest BCUT2D eigenvalue weighted by atomic mass is 19.1. The highest BCUT2D eigenvalue weighted by Crippen LogP contribution is 2.36. The highest BCUT2D eigenvalue weighted by molar-refractivity contribution is 5.66. The van der Waals surface area contributed by atoms with E-state index in [4.69, 9.17) is 24.4 Å². The van der Waals surface area contributed by atoms with Crippen molar-refractivity contribution in [3.8, 4) is 17.2 Å². The molecule has 2 aromatic carbocycles. The number of rotatable bonds is 7. The molecule has 3 N–H and O–H groups in total. The van der Waals surface area contributed by atoms with E-state index in [-0.39, 0.29) is 25.6 Å². The summed E-state index contributed by atoms with van der Waals surface area (Å²) < 4.78 is 29.9. The van der Waals surface area contributed by atoms with Crippen LogP contribution < -0.4 is 19.5 Å². The van der Waals surface area contributed by atoms with Gasteiger partial charge in [-0.15, -0.1) is 0 Å². The van der Waals surface area contributed by atoms with Crippen LogP contribution in [0.2, 0.25) is 0 Å². The molecular weight excluding hydrogens is 405 g/mol. The number of hydrogen-bond acceptors (Lipinski definition) is 6. The molecule has 0 amide bonds. The summed E-state index contributed by atoms with van der Waals surface area (Å²) >= 11 is 0. The Morgan fingerprint density at radius 1 is 1.16 bits per heavy atom. The quantitative estimate of drug-likeness (QED) is 0.617.